The van der Waals surface area contributed by atoms with E-state index in [-0.39, 0.29) is 0 Å². The Morgan fingerprint density at radius 1 is 0.952 bits per heavy atom. The predicted molar refractivity (Wildman–Crippen MR) is 90.1 cm³/mol. The number of nitrogens with zero attached hydrogens (tertiary/aromatic N) is 2. The monoisotopic (exact) mass is 285 g/mol. The molecule has 1 aromatic heterocycles. The second-order valence-corrected chi connectivity index (χ2v) is 5.64. The van der Waals surface area contributed by atoms with E-state index in [1.807, 2.05) is 12.3 Å². The SMILES string of the molecule is CCCCCCCCCn1c(-c2ccccc2)cnc1N. The summed E-state index contributed by atoms with van der Waals surface area (Å²) in [6.45, 7) is 3.22. The number of imidazole rings is 1. The smallest absolute Gasteiger partial charge is 0.200 e. The van der Waals surface area contributed by atoms with Gasteiger partial charge in [0.05, 0.1) is 11.9 Å². The summed E-state index contributed by atoms with van der Waals surface area (Å²) in [6, 6.07) is 10.4. The topological polar surface area (TPSA) is 43.8 Å². The molecular formula is C18H27N3. The maximum Gasteiger partial charge on any atom is 0.200 e. The van der Waals surface area contributed by atoms with E-state index in [2.05, 4.69) is 40.7 Å². The number of nitrogen functional groups attached to an aromatic ring is 1. The third-order valence-corrected chi connectivity index (χ3v) is 3.94. The van der Waals surface area contributed by atoms with Gasteiger partial charge in [0.25, 0.3) is 0 Å². The van der Waals surface area contributed by atoms with E-state index < -0.39 is 0 Å². The van der Waals surface area contributed by atoms with E-state index in [4.69, 9.17) is 5.73 Å². The van der Waals surface area contributed by atoms with Crippen molar-refractivity contribution in [1.82, 2.24) is 9.55 Å². The Morgan fingerprint density at radius 2 is 1.62 bits per heavy atom. The number of hydrogen-bond donors (Lipinski definition) is 1. The summed E-state index contributed by atoms with van der Waals surface area (Å²) in [7, 11) is 0. The van der Waals surface area contributed by atoms with Crippen molar-refractivity contribution in [3.8, 4) is 11.3 Å². The summed E-state index contributed by atoms with van der Waals surface area (Å²) < 4.78 is 2.14. The van der Waals surface area contributed by atoms with E-state index in [0.717, 1.165) is 12.2 Å². The number of aromatic nitrogens is 2. The van der Waals surface area contributed by atoms with Gasteiger partial charge in [-0.1, -0.05) is 75.8 Å². The number of rotatable bonds is 9. The zero-order valence-corrected chi connectivity index (χ0v) is 13.1. The molecule has 2 rings (SSSR count). The molecule has 3 nitrogen and oxygen atoms in total. The minimum absolute atomic E-state index is 0.625. The number of hydrogen-bond acceptors (Lipinski definition) is 2. The van der Waals surface area contributed by atoms with Crippen molar-refractivity contribution in [1.29, 1.82) is 0 Å². The van der Waals surface area contributed by atoms with Gasteiger partial charge in [0.15, 0.2) is 0 Å². The van der Waals surface area contributed by atoms with Crippen LogP contribution in [0.25, 0.3) is 11.3 Å². The van der Waals surface area contributed by atoms with Gasteiger partial charge in [-0.2, -0.15) is 0 Å². The lowest BCUT2D eigenvalue weighted by atomic mass is 10.1. The molecule has 2 N–H and O–H groups in total. The molecule has 1 aromatic carbocycles. The fourth-order valence-electron chi connectivity index (χ4n) is 2.69. The fourth-order valence-corrected chi connectivity index (χ4v) is 2.69. The molecule has 0 saturated carbocycles. The summed E-state index contributed by atoms with van der Waals surface area (Å²) >= 11 is 0. The molecule has 1 heterocycles. The van der Waals surface area contributed by atoms with Gasteiger partial charge in [0, 0.05) is 6.54 Å². The fraction of sp³-hybridized carbons (Fsp3) is 0.500. The third-order valence-electron chi connectivity index (χ3n) is 3.94. The van der Waals surface area contributed by atoms with Gasteiger partial charge in [-0.25, -0.2) is 4.98 Å². The molecule has 0 spiro atoms. The van der Waals surface area contributed by atoms with Crippen LogP contribution in [0.4, 0.5) is 5.95 Å². The minimum Gasteiger partial charge on any atom is -0.369 e. The molecule has 2 aromatic rings. The third kappa shape index (κ3) is 4.62. The van der Waals surface area contributed by atoms with Crippen molar-refractivity contribution in [3.05, 3.63) is 36.5 Å². The second kappa shape index (κ2) is 8.50. The number of unbranched alkanes of at least 4 members (excludes halogenated alkanes) is 6. The van der Waals surface area contributed by atoms with Crippen molar-refractivity contribution in [3.63, 3.8) is 0 Å². The highest BCUT2D eigenvalue weighted by molar-refractivity contribution is 5.60. The molecule has 0 atom stereocenters. The molecular weight excluding hydrogens is 258 g/mol. The first kappa shape index (κ1) is 15.6. The number of benzene rings is 1. The van der Waals surface area contributed by atoms with Crippen LogP contribution in [0.1, 0.15) is 51.9 Å². The number of anilines is 1. The van der Waals surface area contributed by atoms with Crippen molar-refractivity contribution in [2.24, 2.45) is 0 Å². The van der Waals surface area contributed by atoms with Crippen LogP contribution in [0.2, 0.25) is 0 Å². The molecule has 0 aliphatic rings. The first-order chi connectivity index (χ1) is 10.3. The lowest BCUT2D eigenvalue weighted by molar-refractivity contribution is 0.554. The van der Waals surface area contributed by atoms with Crippen LogP contribution in [0.15, 0.2) is 36.5 Å². The average molecular weight is 285 g/mol. The van der Waals surface area contributed by atoms with Gasteiger partial charge in [0.2, 0.25) is 5.95 Å². The second-order valence-electron chi connectivity index (χ2n) is 5.64. The van der Waals surface area contributed by atoms with Crippen LogP contribution < -0.4 is 5.73 Å². The van der Waals surface area contributed by atoms with Gasteiger partial charge in [-0.15, -0.1) is 0 Å². The molecule has 0 saturated heterocycles. The summed E-state index contributed by atoms with van der Waals surface area (Å²) in [5, 5.41) is 0. The molecule has 0 radical (unpaired) electrons. The quantitative estimate of drug-likeness (QED) is 0.667. The van der Waals surface area contributed by atoms with Crippen molar-refractivity contribution in [2.45, 2.75) is 58.4 Å². The maximum atomic E-state index is 6.01. The van der Waals surface area contributed by atoms with Gasteiger partial charge in [-0.3, -0.25) is 0 Å². The van der Waals surface area contributed by atoms with E-state index in [9.17, 15) is 0 Å². The number of nitrogens with two attached hydrogens (primary N) is 1. The van der Waals surface area contributed by atoms with Crippen LogP contribution in [0, 0.1) is 0 Å². The zero-order valence-electron chi connectivity index (χ0n) is 13.1. The van der Waals surface area contributed by atoms with Gasteiger partial charge in [-0.05, 0) is 12.0 Å². The Balaban J connectivity index is 1.85. The zero-order chi connectivity index (χ0) is 14.9. The lowest BCUT2D eigenvalue weighted by Gasteiger charge is -2.10. The molecule has 3 heteroatoms. The Labute approximate surface area is 128 Å². The van der Waals surface area contributed by atoms with Crippen LogP contribution >= 0.6 is 0 Å². The summed E-state index contributed by atoms with van der Waals surface area (Å²) in [4.78, 5) is 4.27. The van der Waals surface area contributed by atoms with Gasteiger partial charge >= 0.3 is 0 Å². The van der Waals surface area contributed by atoms with Crippen LogP contribution in [0.5, 0.6) is 0 Å². The Kier molecular flexibility index (Phi) is 6.32. The molecule has 0 aliphatic heterocycles. The molecule has 21 heavy (non-hydrogen) atoms. The lowest BCUT2D eigenvalue weighted by Crippen LogP contribution is -2.05. The molecule has 114 valence electrons. The highest BCUT2D eigenvalue weighted by atomic mass is 15.1. The summed E-state index contributed by atoms with van der Waals surface area (Å²) in [5.74, 6) is 0.625. The van der Waals surface area contributed by atoms with E-state index in [1.54, 1.807) is 0 Å². The average Bonchev–Trinajstić information content (AvgIpc) is 2.88. The van der Waals surface area contributed by atoms with E-state index in [0.29, 0.717) is 5.95 Å². The summed E-state index contributed by atoms with van der Waals surface area (Å²) in [5.41, 5.74) is 8.32. The Bertz CT molecular complexity index is 517. The van der Waals surface area contributed by atoms with Crippen molar-refractivity contribution >= 4 is 5.95 Å². The standard InChI is InChI=1S/C18H27N3/c1-2-3-4-5-6-7-11-14-21-17(15-20-18(21)19)16-12-9-8-10-13-16/h8-10,12-13,15H,2-7,11,14H2,1H3,(H2,19,20). The molecule has 0 amide bonds. The van der Waals surface area contributed by atoms with Gasteiger partial charge < -0.3 is 10.3 Å². The Hall–Kier alpha value is -1.77. The van der Waals surface area contributed by atoms with Crippen LogP contribution in [0.3, 0.4) is 0 Å². The normalized spacial score (nSPS) is 10.9. The predicted octanol–water partition coefficient (Wildman–Crippen LogP) is 4.88. The first-order valence-corrected chi connectivity index (χ1v) is 8.19. The van der Waals surface area contributed by atoms with Crippen molar-refractivity contribution < 1.29 is 0 Å². The van der Waals surface area contributed by atoms with Gasteiger partial charge in [0.1, 0.15) is 0 Å². The van der Waals surface area contributed by atoms with Crippen LogP contribution in [-0.2, 0) is 6.54 Å². The largest absolute Gasteiger partial charge is 0.369 e. The summed E-state index contributed by atoms with van der Waals surface area (Å²) in [6.07, 6.45) is 11.1. The first-order valence-electron chi connectivity index (χ1n) is 8.19. The minimum atomic E-state index is 0.625. The molecule has 0 bridgehead atoms. The Morgan fingerprint density at radius 3 is 2.33 bits per heavy atom. The maximum absolute atomic E-state index is 6.01. The molecule has 0 fully saturated rings. The van der Waals surface area contributed by atoms with E-state index in [1.165, 1.54) is 50.5 Å². The highest BCUT2D eigenvalue weighted by Crippen LogP contribution is 2.22. The highest BCUT2D eigenvalue weighted by Gasteiger charge is 2.08. The van der Waals surface area contributed by atoms with Crippen molar-refractivity contribution in [2.75, 3.05) is 5.73 Å². The van der Waals surface area contributed by atoms with Crippen LogP contribution in [-0.4, -0.2) is 9.55 Å². The molecule has 0 aliphatic carbocycles. The van der Waals surface area contributed by atoms with E-state index >= 15 is 0 Å². The molecule has 0 unspecified atom stereocenters.